The van der Waals surface area contributed by atoms with Gasteiger partial charge in [-0.15, -0.1) is 0 Å². The molecule has 0 amide bonds. The molecule has 1 aromatic rings. The molecule has 1 heterocycles. The topological polar surface area (TPSA) is 50.8 Å². The molecule has 1 N–H and O–H groups in total. The Morgan fingerprint density at radius 1 is 1.45 bits per heavy atom. The number of thiocarbonyl (C=S) groups is 1. The minimum atomic E-state index is -0.333. The molecule has 0 aliphatic carbocycles. The van der Waals surface area contributed by atoms with E-state index in [0.717, 1.165) is 23.5 Å². The summed E-state index contributed by atoms with van der Waals surface area (Å²) in [6.45, 7) is 1.26. The molecule has 0 unspecified atom stereocenters. The summed E-state index contributed by atoms with van der Waals surface area (Å²) >= 11 is 5.38. The molecule has 2 rings (SSSR count). The molecule has 22 heavy (non-hydrogen) atoms. The number of nitrogens with one attached hydrogen (secondary N) is 1. The second kappa shape index (κ2) is 7.67. The van der Waals surface area contributed by atoms with Gasteiger partial charge in [-0.25, -0.2) is 4.79 Å². The summed E-state index contributed by atoms with van der Waals surface area (Å²) < 4.78 is 10.6. The highest BCUT2D eigenvalue weighted by Crippen LogP contribution is 2.16. The molecule has 0 bridgehead atoms. The Morgan fingerprint density at radius 3 is 2.91 bits per heavy atom. The number of carbonyl (C=O) groups is 1. The molecule has 1 fully saturated rings. The third-order valence-corrected chi connectivity index (χ3v) is 4.31. The average Bonchev–Trinajstić information content (AvgIpc) is 3.00. The summed E-state index contributed by atoms with van der Waals surface area (Å²) in [5.41, 5.74) is 1.50. The molecule has 0 spiro atoms. The number of nitrogens with zero attached hydrogens (tertiary/aromatic N) is 1. The molecule has 6 heteroatoms. The predicted molar refractivity (Wildman–Crippen MR) is 89.1 cm³/mol. The van der Waals surface area contributed by atoms with Crippen LogP contribution in [0.3, 0.4) is 0 Å². The van der Waals surface area contributed by atoms with Crippen molar-refractivity contribution in [2.24, 2.45) is 0 Å². The van der Waals surface area contributed by atoms with Gasteiger partial charge in [-0.3, -0.25) is 0 Å². The molecule has 1 aliphatic rings. The van der Waals surface area contributed by atoms with Crippen molar-refractivity contribution in [3.63, 3.8) is 0 Å². The minimum absolute atomic E-state index is 0.129. The van der Waals surface area contributed by atoms with Crippen LogP contribution in [0.25, 0.3) is 0 Å². The monoisotopic (exact) mass is 322 g/mol. The fourth-order valence-electron chi connectivity index (χ4n) is 2.45. The van der Waals surface area contributed by atoms with Gasteiger partial charge < -0.3 is 19.7 Å². The first-order valence-electron chi connectivity index (χ1n) is 7.24. The maximum atomic E-state index is 11.5. The van der Waals surface area contributed by atoms with Gasteiger partial charge in [0, 0.05) is 20.6 Å². The van der Waals surface area contributed by atoms with E-state index in [4.69, 9.17) is 21.7 Å². The van der Waals surface area contributed by atoms with Crippen LogP contribution in [0.15, 0.2) is 24.3 Å². The van der Waals surface area contributed by atoms with Gasteiger partial charge in [0.05, 0.1) is 36.4 Å². The van der Waals surface area contributed by atoms with Crippen molar-refractivity contribution in [3.05, 3.63) is 35.4 Å². The molecule has 1 saturated heterocycles. The van der Waals surface area contributed by atoms with Crippen molar-refractivity contribution < 1.29 is 14.3 Å². The summed E-state index contributed by atoms with van der Waals surface area (Å²) in [6, 6.07) is 7.50. The predicted octanol–water partition coefficient (Wildman–Crippen LogP) is 1.61. The van der Waals surface area contributed by atoms with Crippen LogP contribution in [0.2, 0.25) is 0 Å². The van der Waals surface area contributed by atoms with Crippen LogP contribution in [0.5, 0.6) is 0 Å². The molecule has 1 aliphatic heterocycles. The lowest BCUT2D eigenvalue weighted by Crippen LogP contribution is -2.38. The third kappa shape index (κ3) is 4.25. The van der Waals surface area contributed by atoms with E-state index in [1.807, 2.05) is 31.1 Å². The zero-order valence-electron chi connectivity index (χ0n) is 13.2. The summed E-state index contributed by atoms with van der Waals surface area (Å²) in [4.78, 5) is 14.4. The van der Waals surface area contributed by atoms with Gasteiger partial charge in [0.25, 0.3) is 0 Å². The van der Waals surface area contributed by atoms with E-state index < -0.39 is 0 Å². The molecule has 2 atom stereocenters. The molecule has 1 aromatic carbocycles. The summed E-state index contributed by atoms with van der Waals surface area (Å²) in [6.07, 6.45) is 0.998. The van der Waals surface area contributed by atoms with Gasteiger partial charge in [0.1, 0.15) is 0 Å². The van der Waals surface area contributed by atoms with E-state index in [2.05, 4.69) is 5.32 Å². The number of rotatable bonds is 5. The van der Waals surface area contributed by atoms with Crippen LogP contribution in [-0.4, -0.2) is 55.8 Å². The van der Waals surface area contributed by atoms with Gasteiger partial charge in [-0.2, -0.15) is 0 Å². The normalized spacial score (nSPS) is 20.7. The van der Waals surface area contributed by atoms with Crippen molar-refractivity contribution in [2.45, 2.75) is 25.2 Å². The second-order valence-corrected chi connectivity index (χ2v) is 5.97. The summed E-state index contributed by atoms with van der Waals surface area (Å²) in [7, 11) is 5.29. The van der Waals surface area contributed by atoms with Crippen molar-refractivity contribution in [3.8, 4) is 0 Å². The highest BCUT2D eigenvalue weighted by molar-refractivity contribution is 7.80. The van der Waals surface area contributed by atoms with Crippen molar-refractivity contribution in [2.75, 3.05) is 27.7 Å². The van der Waals surface area contributed by atoms with Crippen LogP contribution in [0.4, 0.5) is 0 Å². The first kappa shape index (κ1) is 16.9. The largest absolute Gasteiger partial charge is 0.465 e. The lowest BCUT2D eigenvalue weighted by atomic mass is 10.1. The molecular weight excluding hydrogens is 300 g/mol. The maximum absolute atomic E-state index is 11.5. The Bertz CT molecular complexity index is 548. The number of hydrogen-bond acceptors (Lipinski definition) is 5. The summed E-state index contributed by atoms with van der Waals surface area (Å²) in [5, 5.41) is 3.38. The van der Waals surface area contributed by atoms with Crippen LogP contribution < -0.4 is 5.32 Å². The molecule has 120 valence electrons. The number of hydrogen-bond donors (Lipinski definition) is 1. The standard InChI is InChI=1S/C16H22N2O3S/c1-18(2)15(22)14-8-13(9-17-14)21-10-11-5-4-6-12(7-11)16(19)20-3/h4-7,13-14,17H,8-10H2,1-3H3/t13-,14+/m1/s1. The molecule has 0 radical (unpaired) electrons. The summed E-state index contributed by atoms with van der Waals surface area (Å²) in [5.74, 6) is -0.333. The Kier molecular flexibility index (Phi) is 5.88. The van der Waals surface area contributed by atoms with E-state index in [1.165, 1.54) is 7.11 Å². The molecule has 0 aromatic heterocycles. The van der Waals surface area contributed by atoms with Gasteiger partial charge in [-0.1, -0.05) is 24.4 Å². The maximum Gasteiger partial charge on any atom is 0.337 e. The van der Waals surface area contributed by atoms with E-state index in [0.29, 0.717) is 12.2 Å². The van der Waals surface area contributed by atoms with Crippen molar-refractivity contribution in [1.82, 2.24) is 10.2 Å². The number of likely N-dealkylation sites (N-methyl/N-ethyl adjacent to an activating group) is 1. The Labute approximate surface area is 136 Å². The number of esters is 1. The van der Waals surface area contributed by atoms with Crippen LogP contribution >= 0.6 is 12.2 Å². The molecular formula is C16H22N2O3S. The van der Waals surface area contributed by atoms with Crippen LogP contribution in [0.1, 0.15) is 22.3 Å². The smallest absolute Gasteiger partial charge is 0.337 e. The van der Waals surface area contributed by atoms with Gasteiger partial charge in [0.15, 0.2) is 0 Å². The lowest BCUT2D eigenvalue weighted by Gasteiger charge is -2.19. The Hall–Kier alpha value is -1.50. The van der Waals surface area contributed by atoms with E-state index in [1.54, 1.807) is 12.1 Å². The van der Waals surface area contributed by atoms with E-state index in [-0.39, 0.29) is 18.1 Å². The van der Waals surface area contributed by atoms with Crippen LogP contribution in [-0.2, 0) is 16.1 Å². The van der Waals surface area contributed by atoms with Crippen molar-refractivity contribution in [1.29, 1.82) is 0 Å². The Morgan fingerprint density at radius 2 is 2.23 bits per heavy atom. The second-order valence-electron chi connectivity index (χ2n) is 5.55. The molecule has 0 saturated carbocycles. The quantitative estimate of drug-likeness (QED) is 0.656. The number of benzene rings is 1. The van der Waals surface area contributed by atoms with E-state index >= 15 is 0 Å². The van der Waals surface area contributed by atoms with Crippen LogP contribution in [0, 0.1) is 0 Å². The number of methoxy groups -OCH3 is 1. The number of carbonyl (C=O) groups excluding carboxylic acids is 1. The Balaban J connectivity index is 1.87. The third-order valence-electron chi connectivity index (χ3n) is 3.66. The average molecular weight is 322 g/mol. The zero-order valence-corrected chi connectivity index (χ0v) is 14.0. The van der Waals surface area contributed by atoms with Crippen molar-refractivity contribution >= 4 is 23.2 Å². The zero-order chi connectivity index (χ0) is 16.1. The first-order valence-corrected chi connectivity index (χ1v) is 7.65. The van der Waals surface area contributed by atoms with Gasteiger partial charge in [-0.05, 0) is 24.1 Å². The lowest BCUT2D eigenvalue weighted by molar-refractivity contribution is 0.0531. The first-order chi connectivity index (χ1) is 10.5. The molecule has 5 nitrogen and oxygen atoms in total. The van der Waals surface area contributed by atoms with E-state index in [9.17, 15) is 4.79 Å². The fourth-order valence-corrected chi connectivity index (χ4v) is 2.63. The highest BCUT2D eigenvalue weighted by atomic mass is 32.1. The van der Waals surface area contributed by atoms with Gasteiger partial charge in [0.2, 0.25) is 0 Å². The minimum Gasteiger partial charge on any atom is -0.465 e. The van der Waals surface area contributed by atoms with Gasteiger partial charge >= 0.3 is 5.97 Å². The number of ether oxygens (including phenoxy) is 2. The SMILES string of the molecule is COC(=O)c1cccc(CO[C@H]2CN[C@H](C(=S)N(C)C)C2)c1. The highest BCUT2D eigenvalue weighted by Gasteiger charge is 2.28. The fraction of sp³-hybridized carbons (Fsp3) is 0.500.